The van der Waals surface area contributed by atoms with Crippen molar-refractivity contribution in [1.29, 1.82) is 0 Å². The minimum Gasteiger partial charge on any atom is -0.479 e. The standard InChI is InChI=1S/C65H110O12/c1-4-7-10-13-16-19-22-25-27-28-29-30-32-34-36-39-42-45-48-51-57(66)73-54-56(75-58(67)52-49-46-43-40-38-35-31-26-23-20-17-14-11-8-5-2)55-74-65-63(61(70)60(69)62(77-65)64(71)72)76-59(68)53-50-47-44-41-37-33-24-21-18-15-12-9-6-3/h8,11,16-17,19-20,25-27,29-31,56,60-63,65,69-70H,4-7,9-10,12-15,18,21-24,28,32-55H2,1-3H3,(H,71,72)/b11-8-,19-16-,20-17-,27-25-,30-29-,31-26-. The van der Waals surface area contributed by atoms with Crippen molar-refractivity contribution >= 4 is 23.9 Å². The molecule has 0 saturated carbocycles. The summed E-state index contributed by atoms with van der Waals surface area (Å²) < 4.78 is 28.5. The van der Waals surface area contributed by atoms with Crippen molar-refractivity contribution in [2.75, 3.05) is 13.2 Å². The number of carbonyl (C=O) groups is 4. The predicted octanol–water partition coefficient (Wildman–Crippen LogP) is 16.1. The van der Waals surface area contributed by atoms with Crippen LogP contribution in [0.4, 0.5) is 0 Å². The average molecular weight is 1080 g/mol. The lowest BCUT2D eigenvalue weighted by Crippen LogP contribution is -2.61. The van der Waals surface area contributed by atoms with Crippen molar-refractivity contribution < 1.29 is 58.2 Å². The molecule has 1 aliphatic heterocycles. The van der Waals surface area contributed by atoms with Gasteiger partial charge in [0.15, 0.2) is 24.6 Å². The number of hydrogen-bond acceptors (Lipinski definition) is 11. The molecule has 442 valence electrons. The maximum absolute atomic E-state index is 13.2. The third kappa shape index (κ3) is 42.7. The van der Waals surface area contributed by atoms with E-state index >= 15 is 0 Å². The quantitative estimate of drug-likeness (QED) is 0.0228. The number of aliphatic carboxylic acids is 1. The molecule has 12 heteroatoms. The molecule has 0 aromatic rings. The van der Waals surface area contributed by atoms with Gasteiger partial charge in [0.1, 0.15) is 18.8 Å². The summed E-state index contributed by atoms with van der Waals surface area (Å²) in [4.78, 5) is 51.2. The van der Waals surface area contributed by atoms with Gasteiger partial charge in [0.2, 0.25) is 0 Å². The zero-order valence-electron chi connectivity index (χ0n) is 48.7. The molecule has 0 aliphatic carbocycles. The second-order valence-corrected chi connectivity index (χ2v) is 21.0. The Hall–Kier alpha value is -3.84. The van der Waals surface area contributed by atoms with Gasteiger partial charge in [-0.3, -0.25) is 14.4 Å². The van der Waals surface area contributed by atoms with E-state index in [0.29, 0.717) is 19.3 Å². The molecule has 0 bridgehead atoms. The molecule has 1 fully saturated rings. The SMILES string of the molecule is CC/C=C\C/C=C\C/C=C\CCCCCCCC(=O)OC(COC(=O)CCCCCCCC/C=C\C/C=C\C/C=C\CCCCC)COC1OC(C(=O)O)C(O)C(O)C1OC(=O)CCCCCCCCCCCCCCC. The molecule has 1 rings (SSSR count). The van der Waals surface area contributed by atoms with E-state index in [1.54, 1.807) is 0 Å². The van der Waals surface area contributed by atoms with Gasteiger partial charge in [-0.25, -0.2) is 4.79 Å². The van der Waals surface area contributed by atoms with Gasteiger partial charge in [0.05, 0.1) is 6.61 Å². The van der Waals surface area contributed by atoms with Crippen LogP contribution in [-0.2, 0) is 42.9 Å². The molecule has 12 nitrogen and oxygen atoms in total. The van der Waals surface area contributed by atoms with Crippen molar-refractivity contribution in [2.24, 2.45) is 0 Å². The van der Waals surface area contributed by atoms with Crippen LogP contribution in [0.5, 0.6) is 0 Å². The van der Waals surface area contributed by atoms with E-state index in [1.165, 1.54) is 77.0 Å². The molecule has 0 radical (unpaired) electrons. The Bertz CT molecular complexity index is 1620. The Balaban J connectivity index is 2.69. The largest absolute Gasteiger partial charge is 0.479 e. The maximum atomic E-state index is 13.2. The monoisotopic (exact) mass is 1080 g/mol. The van der Waals surface area contributed by atoms with Crippen molar-refractivity contribution in [3.63, 3.8) is 0 Å². The van der Waals surface area contributed by atoms with E-state index in [4.69, 9.17) is 23.7 Å². The summed E-state index contributed by atoms with van der Waals surface area (Å²) in [6.45, 7) is 5.84. The van der Waals surface area contributed by atoms with E-state index in [0.717, 1.165) is 128 Å². The molecular weight excluding hydrogens is 973 g/mol. The molecule has 77 heavy (non-hydrogen) atoms. The summed E-state index contributed by atoms with van der Waals surface area (Å²) in [5.74, 6) is -3.15. The lowest BCUT2D eigenvalue weighted by molar-refractivity contribution is -0.301. The number of carboxylic acids is 1. The van der Waals surface area contributed by atoms with Crippen LogP contribution in [0.15, 0.2) is 72.9 Å². The summed E-state index contributed by atoms with van der Waals surface area (Å²) in [5, 5.41) is 31.5. The normalized spacial score (nSPS) is 18.5. The number of carboxylic acid groups (broad SMARTS) is 1. The molecule has 0 amide bonds. The highest BCUT2D eigenvalue weighted by molar-refractivity contribution is 5.74. The van der Waals surface area contributed by atoms with Crippen LogP contribution in [0.3, 0.4) is 0 Å². The fourth-order valence-electron chi connectivity index (χ4n) is 9.04. The van der Waals surface area contributed by atoms with Gasteiger partial charge < -0.3 is 39.0 Å². The minimum atomic E-state index is -1.91. The van der Waals surface area contributed by atoms with Crippen LogP contribution in [-0.4, -0.2) is 89.2 Å². The zero-order chi connectivity index (χ0) is 56.1. The fourth-order valence-corrected chi connectivity index (χ4v) is 9.04. The first-order valence-electron chi connectivity index (χ1n) is 30.9. The molecule has 6 unspecified atom stereocenters. The second kappa shape index (κ2) is 52.8. The first-order chi connectivity index (χ1) is 37.6. The zero-order valence-corrected chi connectivity index (χ0v) is 48.7. The van der Waals surface area contributed by atoms with Crippen LogP contribution in [0.1, 0.15) is 265 Å². The van der Waals surface area contributed by atoms with Crippen molar-refractivity contribution in [3.05, 3.63) is 72.9 Å². The first-order valence-corrected chi connectivity index (χ1v) is 30.9. The number of aliphatic hydroxyl groups excluding tert-OH is 2. The number of carbonyl (C=O) groups excluding carboxylic acids is 3. The second-order valence-electron chi connectivity index (χ2n) is 21.0. The number of hydrogen-bond donors (Lipinski definition) is 3. The Morgan fingerprint density at radius 3 is 1.27 bits per heavy atom. The molecule has 6 atom stereocenters. The van der Waals surface area contributed by atoms with Crippen molar-refractivity contribution in [2.45, 2.75) is 302 Å². The van der Waals surface area contributed by atoms with Gasteiger partial charge in [-0.15, -0.1) is 0 Å². The van der Waals surface area contributed by atoms with Gasteiger partial charge in [-0.05, 0) is 89.9 Å². The number of unbranched alkanes of at least 4 members (excludes halogenated alkanes) is 26. The highest BCUT2D eigenvalue weighted by atomic mass is 16.7. The summed E-state index contributed by atoms with van der Waals surface area (Å²) >= 11 is 0. The summed E-state index contributed by atoms with van der Waals surface area (Å²) in [6, 6.07) is 0. The summed E-state index contributed by atoms with van der Waals surface area (Å²) in [7, 11) is 0. The Morgan fingerprint density at radius 1 is 0.442 bits per heavy atom. The van der Waals surface area contributed by atoms with Gasteiger partial charge in [0.25, 0.3) is 0 Å². The van der Waals surface area contributed by atoms with Gasteiger partial charge >= 0.3 is 23.9 Å². The van der Waals surface area contributed by atoms with Gasteiger partial charge in [-0.2, -0.15) is 0 Å². The van der Waals surface area contributed by atoms with Crippen molar-refractivity contribution in [3.8, 4) is 0 Å². The Labute approximate surface area is 468 Å². The fraction of sp³-hybridized carbons (Fsp3) is 0.754. The highest BCUT2D eigenvalue weighted by Gasteiger charge is 2.50. The average Bonchev–Trinajstić information content (AvgIpc) is 3.41. The number of aliphatic hydroxyl groups is 2. The lowest BCUT2D eigenvalue weighted by atomic mass is 9.98. The topological polar surface area (TPSA) is 175 Å². The smallest absolute Gasteiger partial charge is 0.335 e. The van der Waals surface area contributed by atoms with Crippen LogP contribution in [0.2, 0.25) is 0 Å². The molecule has 3 N–H and O–H groups in total. The van der Waals surface area contributed by atoms with Gasteiger partial charge in [0, 0.05) is 19.3 Å². The Kier molecular flexibility index (Phi) is 48.8. The predicted molar refractivity (Wildman–Crippen MR) is 312 cm³/mol. The summed E-state index contributed by atoms with van der Waals surface area (Å²) in [6.07, 6.45) is 54.3. The van der Waals surface area contributed by atoms with E-state index in [9.17, 15) is 34.5 Å². The Morgan fingerprint density at radius 2 is 0.818 bits per heavy atom. The lowest BCUT2D eigenvalue weighted by Gasteiger charge is -2.40. The first kappa shape index (κ1) is 71.2. The number of ether oxygens (including phenoxy) is 5. The summed E-state index contributed by atoms with van der Waals surface area (Å²) in [5.41, 5.74) is 0. The van der Waals surface area contributed by atoms with Gasteiger partial charge in [-0.1, -0.05) is 229 Å². The maximum Gasteiger partial charge on any atom is 0.335 e. The molecule has 0 aromatic carbocycles. The third-order valence-corrected chi connectivity index (χ3v) is 13.8. The molecule has 0 aromatic heterocycles. The molecule has 0 spiro atoms. The molecular formula is C65H110O12. The van der Waals surface area contributed by atoms with Crippen LogP contribution in [0.25, 0.3) is 0 Å². The van der Waals surface area contributed by atoms with Crippen molar-refractivity contribution in [1.82, 2.24) is 0 Å². The molecule has 1 saturated heterocycles. The van der Waals surface area contributed by atoms with E-state index < -0.39 is 67.3 Å². The van der Waals surface area contributed by atoms with E-state index in [2.05, 4.69) is 93.7 Å². The van der Waals surface area contributed by atoms with Crippen LogP contribution >= 0.6 is 0 Å². The number of esters is 3. The van der Waals surface area contributed by atoms with Crippen LogP contribution in [0, 0.1) is 0 Å². The molecule has 1 heterocycles. The number of rotatable bonds is 52. The number of allylic oxidation sites excluding steroid dienone is 12. The minimum absolute atomic E-state index is 0.0582. The van der Waals surface area contributed by atoms with E-state index in [-0.39, 0.29) is 25.9 Å². The van der Waals surface area contributed by atoms with Crippen LogP contribution < -0.4 is 0 Å². The highest BCUT2D eigenvalue weighted by Crippen LogP contribution is 2.26. The molecule has 1 aliphatic rings. The van der Waals surface area contributed by atoms with E-state index in [1.807, 2.05) is 0 Å². The third-order valence-electron chi connectivity index (χ3n) is 13.8.